The van der Waals surface area contributed by atoms with Crippen LogP contribution in [0.25, 0.3) is 0 Å². The number of nitrogens with two attached hydrogens (primary N) is 1. The fraction of sp³-hybridized carbons (Fsp3) is 0.600. The maximum Gasteiger partial charge on any atom is 0.0576 e. The molecule has 0 aromatic heterocycles. The molecular weight excluding hydrogens is 260 g/mol. The highest BCUT2D eigenvalue weighted by Crippen LogP contribution is 2.25. The van der Waals surface area contributed by atoms with Crippen molar-refractivity contribution in [3.8, 4) is 0 Å². The largest absolute Gasteiger partial charge is 0.378 e. The zero-order chi connectivity index (χ0) is 13.7. The van der Waals surface area contributed by atoms with Crippen molar-refractivity contribution in [2.45, 2.75) is 51.2 Å². The van der Waals surface area contributed by atoms with Crippen molar-refractivity contribution >= 4 is 11.6 Å². The van der Waals surface area contributed by atoms with Gasteiger partial charge in [-0.1, -0.05) is 23.7 Å². The standard InChI is InChI=1S/C15H23ClN2O/c1-11-7-8-12(10-14(11)16)15(18-17)6-2-4-13-5-3-9-19-13/h7-8,10,13,15,18H,2-6,9,17H2,1H3. The molecule has 2 unspecified atom stereocenters. The second kappa shape index (κ2) is 7.25. The Hall–Kier alpha value is -0.610. The Morgan fingerprint density at radius 2 is 2.37 bits per heavy atom. The van der Waals surface area contributed by atoms with Crippen LogP contribution in [0.2, 0.25) is 5.02 Å². The number of hydrogen-bond donors (Lipinski definition) is 2. The van der Waals surface area contributed by atoms with Gasteiger partial charge in [0.2, 0.25) is 0 Å². The molecule has 0 radical (unpaired) electrons. The van der Waals surface area contributed by atoms with E-state index in [1.807, 2.05) is 19.1 Å². The summed E-state index contributed by atoms with van der Waals surface area (Å²) in [6, 6.07) is 6.31. The summed E-state index contributed by atoms with van der Waals surface area (Å²) in [4.78, 5) is 0. The molecule has 1 saturated heterocycles. The Kier molecular flexibility index (Phi) is 5.64. The molecule has 19 heavy (non-hydrogen) atoms. The lowest BCUT2D eigenvalue weighted by Crippen LogP contribution is -2.28. The topological polar surface area (TPSA) is 47.3 Å². The maximum absolute atomic E-state index is 6.16. The number of aryl methyl sites for hydroxylation is 1. The van der Waals surface area contributed by atoms with Crippen molar-refractivity contribution in [1.82, 2.24) is 5.43 Å². The third-order valence-electron chi connectivity index (χ3n) is 3.84. The molecule has 0 amide bonds. The molecule has 1 aliphatic rings. The van der Waals surface area contributed by atoms with Crippen LogP contribution in [-0.4, -0.2) is 12.7 Å². The first-order valence-electron chi connectivity index (χ1n) is 7.04. The molecule has 2 atom stereocenters. The van der Waals surface area contributed by atoms with Gasteiger partial charge in [-0.15, -0.1) is 0 Å². The fourth-order valence-corrected chi connectivity index (χ4v) is 2.78. The van der Waals surface area contributed by atoms with Gasteiger partial charge in [0.25, 0.3) is 0 Å². The summed E-state index contributed by atoms with van der Waals surface area (Å²) in [6.07, 6.45) is 6.12. The molecule has 2 rings (SSSR count). The molecular formula is C15H23ClN2O. The van der Waals surface area contributed by atoms with E-state index in [1.54, 1.807) is 0 Å². The minimum Gasteiger partial charge on any atom is -0.378 e. The van der Waals surface area contributed by atoms with Crippen LogP contribution in [-0.2, 0) is 4.74 Å². The predicted octanol–water partition coefficient (Wildman–Crippen LogP) is 3.50. The van der Waals surface area contributed by atoms with Crippen molar-refractivity contribution in [3.63, 3.8) is 0 Å². The number of halogens is 1. The maximum atomic E-state index is 6.16. The highest BCUT2D eigenvalue weighted by atomic mass is 35.5. The number of ether oxygens (including phenoxy) is 1. The number of hydrazine groups is 1. The summed E-state index contributed by atoms with van der Waals surface area (Å²) in [5, 5.41) is 0.803. The van der Waals surface area contributed by atoms with Crippen LogP contribution >= 0.6 is 11.6 Å². The van der Waals surface area contributed by atoms with E-state index in [1.165, 1.54) is 12.8 Å². The van der Waals surface area contributed by atoms with Gasteiger partial charge in [-0.05, 0) is 56.2 Å². The van der Waals surface area contributed by atoms with Gasteiger partial charge in [-0.3, -0.25) is 11.3 Å². The molecule has 0 spiro atoms. The number of benzene rings is 1. The summed E-state index contributed by atoms with van der Waals surface area (Å²) in [6.45, 7) is 2.94. The number of rotatable bonds is 6. The molecule has 1 fully saturated rings. The average molecular weight is 283 g/mol. The van der Waals surface area contributed by atoms with Gasteiger partial charge in [-0.25, -0.2) is 0 Å². The monoisotopic (exact) mass is 282 g/mol. The minimum atomic E-state index is 0.166. The summed E-state index contributed by atoms with van der Waals surface area (Å²) < 4.78 is 5.64. The molecule has 0 aliphatic carbocycles. The van der Waals surface area contributed by atoms with Gasteiger partial charge in [0.15, 0.2) is 0 Å². The molecule has 1 aromatic carbocycles. The van der Waals surface area contributed by atoms with Crippen LogP contribution in [0.15, 0.2) is 18.2 Å². The second-order valence-corrected chi connectivity index (χ2v) is 5.70. The highest BCUT2D eigenvalue weighted by molar-refractivity contribution is 6.31. The smallest absolute Gasteiger partial charge is 0.0576 e. The Morgan fingerprint density at radius 3 is 3.00 bits per heavy atom. The molecule has 3 N–H and O–H groups in total. The van der Waals surface area contributed by atoms with Crippen LogP contribution in [0.3, 0.4) is 0 Å². The zero-order valence-electron chi connectivity index (χ0n) is 11.5. The Labute approximate surface area is 120 Å². The minimum absolute atomic E-state index is 0.166. The van der Waals surface area contributed by atoms with Gasteiger partial charge >= 0.3 is 0 Å². The summed E-state index contributed by atoms with van der Waals surface area (Å²) >= 11 is 6.16. The van der Waals surface area contributed by atoms with E-state index in [2.05, 4.69) is 11.5 Å². The summed E-state index contributed by atoms with van der Waals surface area (Å²) in [5.41, 5.74) is 5.15. The van der Waals surface area contributed by atoms with E-state index in [4.69, 9.17) is 22.2 Å². The van der Waals surface area contributed by atoms with Crippen molar-refractivity contribution in [2.24, 2.45) is 5.84 Å². The molecule has 1 heterocycles. The van der Waals surface area contributed by atoms with E-state index < -0.39 is 0 Å². The summed E-state index contributed by atoms with van der Waals surface area (Å²) in [7, 11) is 0. The number of hydrogen-bond acceptors (Lipinski definition) is 3. The van der Waals surface area contributed by atoms with E-state index >= 15 is 0 Å². The first-order chi connectivity index (χ1) is 9.20. The Bertz CT molecular complexity index is 405. The van der Waals surface area contributed by atoms with E-state index in [0.29, 0.717) is 6.10 Å². The van der Waals surface area contributed by atoms with E-state index in [-0.39, 0.29) is 6.04 Å². The Morgan fingerprint density at radius 1 is 1.53 bits per heavy atom. The first-order valence-corrected chi connectivity index (χ1v) is 7.42. The molecule has 0 saturated carbocycles. The quantitative estimate of drug-likeness (QED) is 0.620. The van der Waals surface area contributed by atoms with Gasteiger partial charge < -0.3 is 4.74 Å². The van der Waals surface area contributed by atoms with Crippen molar-refractivity contribution in [1.29, 1.82) is 0 Å². The lowest BCUT2D eigenvalue weighted by Gasteiger charge is -2.18. The zero-order valence-corrected chi connectivity index (χ0v) is 12.2. The third kappa shape index (κ3) is 4.18. The van der Waals surface area contributed by atoms with Crippen molar-refractivity contribution in [3.05, 3.63) is 34.3 Å². The van der Waals surface area contributed by atoms with Crippen LogP contribution in [0, 0.1) is 6.92 Å². The van der Waals surface area contributed by atoms with Gasteiger partial charge in [-0.2, -0.15) is 0 Å². The summed E-state index contributed by atoms with van der Waals surface area (Å²) in [5.74, 6) is 5.66. The second-order valence-electron chi connectivity index (χ2n) is 5.29. The fourth-order valence-electron chi connectivity index (χ4n) is 2.59. The van der Waals surface area contributed by atoms with Gasteiger partial charge in [0.05, 0.1) is 6.10 Å². The third-order valence-corrected chi connectivity index (χ3v) is 4.25. The van der Waals surface area contributed by atoms with Crippen molar-refractivity contribution < 1.29 is 4.74 Å². The molecule has 0 bridgehead atoms. The highest BCUT2D eigenvalue weighted by Gasteiger charge is 2.16. The lowest BCUT2D eigenvalue weighted by atomic mass is 9.99. The first kappa shape index (κ1) is 14.8. The molecule has 1 aliphatic heterocycles. The molecule has 1 aromatic rings. The molecule has 3 nitrogen and oxygen atoms in total. The van der Waals surface area contributed by atoms with E-state index in [0.717, 1.165) is 42.0 Å². The van der Waals surface area contributed by atoms with Gasteiger partial charge in [0.1, 0.15) is 0 Å². The van der Waals surface area contributed by atoms with E-state index in [9.17, 15) is 0 Å². The van der Waals surface area contributed by atoms with Crippen molar-refractivity contribution in [2.75, 3.05) is 6.61 Å². The SMILES string of the molecule is Cc1ccc(C(CCCC2CCCO2)NN)cc1Cl. The number of nitrogens with one attached hydrogen (secondary N) is 1. The van der Waals surface area contributed by atoms with Crippen LogP contribution < -0.4 is 11.3 Å². The van der Waals surface area contributed by atoms with Crippen LogP contribution in [0.4, 0.5) is 0 Å². The van der Waals surface area contributed by atoms with Crippen LogP contribution in [0.5, 0.6) is 0 Å². The normalized spacial score (nSPS) is 20.7. The van der Waals surface area contributed by atoms with Crippen LogP contribution in [0.1, 0.15) is 49.3 Å². The molecule has 106 valence electrons. The lowest BCUT2D eigenvalue weighted by molar-refractivity contribution is 0.101. The predicted molar refractivity (Wildman–Crippen MR) is 79.1 cm³/mol. The Balaban J connectivity index is 1.86. The average Bonchev–Trinajstić information content (AvgIpc) is 2.91. The van der Waals surface area contributed by atoms with Gasteiger partial charge in [0, 0.05) is 17.7 Å². The molecule has 4 heteroatoms.